The monoisotopic (exact) mass is 474 g/mol. The van der Waals surface area contributed by atoms with Crippen LogP contribution in [0.15, 0.2) is 0 Å². The van der Waals surface area contributed by atoms with Gasteiger partial charge < -0.3 is 9.47 Å². The molecule has 0 radical (unpaired) electrons. The minimum absolute atomic E-state index is 0. The van der Waals surface area contributed by atoms with E-state index in [-0.39, 0.29) is 42.8 Å². The van der Waals surface area contributed by atoms with Crippen molar-refractivity contribution >= 4 is 51.6 Å². The molecule has 0 bridgehead atoms. The van der Waals surface area contributed by atoms with Gasteiger partial charge in [-0.3, -0.25) is 14.1 Å². The molecule has 180 valence electrons. The number of hydrogen-bond acceptors (Lipinski definition) is 6. The molecule has 0 fully saturated rings. The molecule has 0 rings (SSSR count). The summed E-state index contributed by atoms with van der Waals surface area (Å²) in [6.07, 6.45) is 8.94. The van der Waals surface area contributed by atoms with Gasteiger partial charge >= 0.3 is 41.5 Å². The molecule has 0 aliphatic carbocycles. The van der Waals surface area contributed by atoms with Crippen molar-refractivity contribution in [3.63, 3.8) is 0 Å². The predicted molar refractivity (Wildman–Crippen MR) is 125 cm³/mol. The van der Waals surface area contributed by atoms with E-state index in [1.54, 1.807) is 0 Å². The molecule has 0 heterocycles. The van der Waals surface area contributed by atoms with Gasteiger partial charge in [0.05, 0.1) is 19.6 Å². The number of hydrogen-bond donors (Lipinski definition) is 1. The molecule has 0 aromatic heterocycles. The summed E-state index contributed by atoms with van der Waals surface area (Å²) in [5.74, 6) is -0.608. The van der Waals surface area contributed by atoms with E-state index in [4.69, 9.17) is 9.47 Å². The number of esters is 2. The van der Waals surface area contributed by atoms with Gasteiger partial charge in [0.15, 0.2) is 5.25 Å². The first-order valence-electron chi connectivity index (χ1n) is 11.3. The molecule has 0 amide bonds. The molecule has 0 aromatic rings. The molecule has 1 atom stereocenters. The fourth-order valence-electron chi connectivity index (χ4n) is 2.99. The molecule has 7 nitrogen and oxygen atoms in total. The van der Waals surface area contributed by atoms with Crippen LogP contribution in [-0.4, -0.2) is 72.9 Å². The second-order valence-corrected chi connectivity index (χ2v) is 10.4. The van der Waals surface area contributed by atoms with Crippen molar-refractivity contribution < 1.29 is 32.0 Å². The Labute approximate surface area is 211 Å². The Morgan fingerprint density at radius 3 is 1.58 bits per heavy atom. The van der Waals surface area contributed by atoms with E-state index in [1.165, 1.54) is 0 Å². The second-order valence-electron chi connectivity index (χ2n) is 8.79. The average Bonchev–Trinajstić information content (AvgIpc) is 2.62. The van der Waals surface area contributed by atoms with Gasteiger partial charge in [0.2, 0.25) is 0 Å². The number of ether oxygens (including phenoxy) is 2. The van der Waals surface area contributed by atoms with Crippen molar-refractivity contribution in [1.82, 2.24) is 0 Å². The molecule has 1 N–H and O–H groups in total. The van der Waals surface area contributed by atoms with Crippen LogP contribution in [-0.2, 0) is 29.2 Å². The van der Waals surface area contributed by atoms with Crippen LogP contribution in [0.3, 0.4) is 0 Å². The maximum atomic E-state index is 12.0. The topological polar surface area (TPSA) is 107 Å². The van der Waals surface area contributed by atoms with E-state index in [9.17, 15) is 22.6 Å². The van der Waals surface area contributed by atoms with Crippen LogP contribution < -0.4 is 0 Å². The quantitative estimate of drug-likeness (QED) is 0.137. The zero-order chi connectivity index (χ0) is 23.0. The summed E-state index contributed by atoms with van der Waals surface area (Å²) < 4.78 is 42.3. The van der Waals surface area contributed by atoms with Gasteiger partial charge in [-0.2, -0.15) is 8.42 Å². The Morgan fingerprint density at radius 2 is 1.16 bits per heavy atom. The van der Waals surface area contributed by atoms with Crippen LogP contribution in [0.5, 0.6) is 0 Å². The zero-order valence-corrected chi connectivity index (χ0v) is 20.0. The van der Waals surface area contributed by atoms with Gasteiger partial charge in [0, 0.05) is 0 Å². The van der Waals surface area contributed by atoms with E-state index >= 15 is 0 Å². The summed E-state index contributed by atoms with van der Waals surface area (Å²) in [5.41, 5.74) is 0. The Hall–Kier alpha value is -0.150. The van der Waals surface area contributed by atoms with Crippen molar-refractivity contribution in [3.8, 4) is 0 Å². The number of carbonyl (C=O) groups excluding carboxylic acids is 2. The molecule has 0 saturated carbocycles. The molecule has 0 aromatic carbocycles. The molecule has 0 spiro atoms. The first-order chi connectivity index (χ1) is 14.0. The Balaban J connectivity index is 0. The van der Waals surface area contributed by atoms with E-state index < -0.39 is 33.7 Å². The Morgan fingerprint density at radius 1 is 0.742 bits per heavy atom. The van der Waals surface area contributed by atoms with Crippen molar-refractivity contribution in [2.24, 2.45) is 11.8 Å². The van der Waals surface area contributed by atoms with Crippen LogP contribution in [0.4, 0.5) is 0 Å². The second kappa shape index (κ2) is 19.3. The van der Waals surface area contributed by atoms with Gasteiger partial charge in [-0.1, -0.05) is 79.1 Å². The van der Waals surface area contributed by atoms with E-state index in [0.29, 0.717) is 24.7 Å². The third-order valence-corrected chi connectivity index (χ3v) is 5.91. The van der Waals surface area contributed by atoms with Crippen LogP contribution in [0.25, 0.3) is 0 Å². The van der Waals surface area contributed by atoms with Crippen molar-refractivity contribution in [1.29, 1.82) is 0 Å². The third kappa shape index (κ3) is 20.2. The molecular weight excluding hydrogens is 431 g/mol. The zero-order valence-electron chi connectivity index (χ0n) is 19.2. The fourth-order valence-corrected chi connectivity index (χ4v) is 3.65. The molecule has 31 heavy (non-hydrogen) atoms. The van der Waals surface area contributed by atoms with Crippen LogP contribution in [0, 0.1) is 11.8 Å². The number of carbonyl (C=O) groups is 2. The normalized spacial score (nSPS) is 12.5. The van der Waals surface area contributed by atoms with Crippen molar-refractivity contribution in [3.05, 3.63) is 0 Å². The first kappa shape index (κ1) is 33.0. The predicted octanol–water partition coefficient (Wildman–Crippen LogP) is 4.28. The Bertz CT molecular complexity index is 576. The van der Waals surface area contributed by atoms with Crippen molar-refractivity contribution in [2.45, 2.75) is 104 Å². The van der Waals surface area contributed by atoms with Gasteiger partial charge in [-0.05, 0) is 24.7 Å². The summed E-state index contributed by atoms with van der Waals surface area (Å²) in [6.45, 7) is 8.91. The number of rotatable bonds is 18. The Kier molecular flexibility index (Phi) is 20.6. The summed E-state index contributed by atoms with van der Waals surface area (Å²) >= 11 is 0. The molecule has 9 heteroatoms. The van der Waals surface area contributed by atoms with Crippen molar-refractivity contribution in [2.75, 3.05) is 13.2 Å². The SMILES string of the molecule is CC(C)CCCCCCOC(=O)CC(C(=O)OCCCCCCC(C)C)S(=O)(=O)O.[NaH]. The summed E-state index contributed by atoms with van der Waals surface area (Å²) in [4.78, 5) is 23.9. The summed E-state index contributed by atoms with van der Waals surface area (Å²) in [5, 5.41) is -1.93. The van der Waals surface area contributed by atoms with Gasteiger partial charge in [0.25, 0.3) is 10.1 Å². The first-order valence-corrected chi connectivity index (χ1v) is 12.8. The average molecular weight is 475 g/mol. The standard InChI is InChI=1S/C22H42O7S.Na.H/c1-18(2)13-9-5-7-11-15-28-21(23)17-20(30(25,26)27)22(24)29-16-12-8-6-10-14-19(3)4;;/h18-20H,5-17H2,1-4H3,(H,25,26,27);;. The molecular formula is C22H43NaO7S. The van der Waals surface area contributed by atoms with E-state index in [0.717, 1.165) is 51.4 Å². The maximum absolute atomic E-state index is 12.0. The number of unbranched alkanes of at least 4 members (excludes halogenated alkanes) is 6. The summed E-state index contributed by atoms with van der Waals surface area (Å²) in [6, 6.07) is 0. The molecule has 1 unspecified atom stereocenters. The van der Waals surface area contributed by atoms with Gasteiger partial charge in [-0.15, -0.1) is 0 Å². The summed E-state index contributed by atoms with van der Waals surface area (Å²) in [7, 11) is -4.75. The van der Waals surface area contributed by atoms with Gasteiger partial charge in [-0.25, -0.2) is 0 Å². The minimum atomic E-state index is -4.75. The van der Waals surface area contributed by atoms with E-state index in [2.05, 4.69) is 27.7 Å². The fraction of sp³-hybridized carbons (Fsp3) is 0.909. The molecule has 0 aliphatic rings. The van der Waals surface area contributed by atoms with E-state index in [1.807, 2.05) is 0 Å². The molecule has 0 aliphatic heterocycles. The van der Waals surface area contributed by atoms with Crippen LogP contribution in [0.2, 0.25) is 0 Å². The van der Waals surface area contributed by atoms with Gasteiger partial charge in [0.1, 0.15) is 0 Å². The molecule has 0 saturated heterocycles. The van der Waals surface area contributed by atoms with Crippen LogP contribution >= 0.6 is 0 Å². The van der Waals surface area contributed by atoms with Crippen LogP contribution in [0.1, 0.15) is 98.3 Å². The third-order valence-electron chi connectivity index (χ3n) is 4.83.